The van der Waals surface area contributed by atoms with Gasteiger partial charge in [-0.2, -0.15) is 0 Å². The van der Waals surface area contributed by atoms with E-state index in [1.165, 1.54) is 0 Å². The van der Waals surface area contributed by atoms with Gasteiger partial charge >= 0.3 is 0 Å². The van der Waals surface area contributed by atoms with Crippen LogP contribution < -0.4 is 10.1 Å². The minimum Gasteiger partial charge on any atom is -0.869 e. The fourth-order valence-corrected chi connectivity index (χ4v) is 2.77. The lowest BCUT2D eigenvalue weighted by atomic mass is 10.1. The van der Waals surface area contributed by atoms with Crippen molar-refractivity contribution in [3.8, 4) is 11.4 Å². The number of nitrogens with one attached hydrogen (secondary N) is 1. The predicted octanol–water partition coefficient (Wildman–Crippen LogP) is 2.45. The summed E-state index contributed by atoms with van der Waals surface area (Å²) in [6.07, 6.45) is 0. The highest BCUT2D eigenvalue weighted by atomic mass is 79.9. The molecule has 0 spiro atoms. The van der Waals surface area contributed by atoms with E-state index >= 15 is 0 Å². The molecule has 2 aromatic heterocycles. The van der Waals surface area contributed by atoms with E-state index in [4.69, 9.17) is 5.11 Å². The Labute approximate surface area is 166 Å². The average molecular weight is 482 g/mol. The second-order valence-electron chi connectivity index (χ2n) is 5.38. The number of H-pyrrole nitrogens is 1. The van der Waals surface area contributed by atoms with Gasteiger partial charge in [0.1, 0.15) is 10.2 Å². The average Bonchev–Trinajstić information content (AvgIpc) is 2.64. The molecule has 2 aromatic rings. The number of aliphatic hydroxyl groups is 1. The van der Waals surface area contributed by atoms with Gasteiger partial charge < -0.3 is 10.2 Å². The van der Waals surface area contributed by atoms with Crippen LogP contribution in [0.15, 0.2) is 56.9 Å². The Morgan fingerprint density at radius 2 is 1.65 bits per heavy atom. The molecule has 0 bridgehead atoms. The summed E-state index contributed by atoms with van der Waals surface area (Å²) in [5.74, 6) is -3.51. The van der Waals surface area contributed by atoms with E-state index in [-0.39, 0.29) is 4.48 Å². The summed E-state index contributed by atoms with van der Waals surface area (Å²) in [4.78, 5) is 29.5. The van der Waals surface area contributed by atoms with Crippen LogP contribution in [-0.4, -0.2) is 21.7 Å². The number of aromatic amines is 1. The van der Waals surface area contributed by atoms with E-state index in [1.807, 2.05) is 50.2 Å². The van der Waals surface area contributed by atoms with Crippen molar-refractivity contribution in [2.75, 3.05) is 0 Å². The highest BCUT2D eigenvalue weighted by Crippen LogP contribution is 2.27. The summed E-state index contributed by atoms with van der Waals surface area (Å²) in [5, 5.41) is 19.8. The van der Waals surface area contributed by atoms with Crippen molar-refractivity contribution in [3.63, 3.8) is 0 Å². The number of nitrogens with zero attached hydrogens (tertiary/aromatic N) is 1. The van der Waals surface area contributed by atoms with E-state index < -0.39 is 27.6 Å². The number of pyridine rings is 2. The van der Waals surface area contributed by atoms with Gasteiger partial charge in [-0.25, -0.2) is 9.97 Å². The highest BCUT2D eigenvalue weighted by molar-refractivity contribution is 9.12. The SMILES string of the molecule is Cc1cccc(-c2cccc(C)[nH+]2)n1.O=C1C(O)=C(Br)C(=O)C([O-])=C1Br. The van der Waals surface area contributed by atoms with Gasteiger partial charge in [0.15, 0.2) is 17.2 Å². The molecule has 26 heavy (non-hydrogen) atoms. The van der Waals surface area contributed by atoms with Crippen LogP contribution in [0.3, 0.4) is 0 Å². The summed E-state index contributed by atoms with van der Waals surface area (Å²) >= 11 is 5.24. The molecule has 0 unspecified atom stereocenters. The molecule has 0 atom stereocenters. The molecular weight excluding hydrogens is 468 g/mol. The largest absolute Gasteiger partial charge is 0.869 e. The van der Waals surface area contributed by atoms with Crippen molar-refractivity contribution in [1.82, 2.24) is 4.98 Å². The van der Waals surface area contributed by atoms with Crippen molar-refractivity contribution in [3.05, 3.63) is 68.3 Å². The lowest BCUT2D eigenvalue weighted by Crippen LogP contribution is -2.26. The number of hydrogen-bond acceptors (Lipinski definition) is 5. The number of aliphatic hydroxyl groups excluding tert-OH is 1. The molecule has 0 radical (unpaired) electrons. The zero-order valence-corrected chi connectivity index (χ0v) is 17.0. The van der Waals surface area contributed by atoms with Crippen LogP contribution in [0, 0.1) is 13.8 Å². The second-order valence-corrected chi connectivity index (χ2v) is 6.96. The molecule has 134 valence electrons. The molecule has 3 rings (SSSR count). The van der Waals surface area contributed by atoms with Crippen molar-refractivity contribution in [1.29, 1.82) is 0 Å². The lowest BCUT2D eigenvalue weighted by Gasteiger charge is -2.17. The van der Waals surface area contributed by atoms with Gasteiger partial charge in [-0.1, -0.05) is 6.07 Å². The summed E-state index contributed by atoms with van der Waals surface area (Å²) in [6.45, 7) is 4.04. The number of carbonyl (C=O) groups excluding carboxylic acids is 2. The van der Waals surface area contributed by atoms with Gasteiger partial charge in [0.25, 0.3) is 0 Å². The monoisotopic (exact) mass is 480 g/mol. The third kappa shape index (κ3) is 4.44. The normalized spacial score (nSPS) is 14.3. The smallest absolute Gasteiger partial charge is 0.235 e. The van der Waals surface area contributed by atoms with Crippen LogP contribution in [0.25, 0.3) is 11.4 Å². The summed E-state index contributed by atoms with van der Waals surface area (Å²) in [5.41, 5.74) is 4.24. The molecule has 0 fully saturated rings. The molecular formula is C18H14Br2N2O4. The standard InChI is InChI=1S/C12H12N2.C6H2Br2O4/c1-9-5-3-7-11(13-9)12-8-4-6-10(2)14-12;7-1-3(9)5(11)2(8)6(12)4(1)10/h3-8H,1-2H3;9,12H. The Morgan fingerprint density at radius 1 is 1.00 bits per heavy atom. The fourth-order valence-electron chi connectivity index (χ4n) is 2.04. The first-order valence-electron chi connectivity index (χ1n) is 7.40. The Hall–Kier alpha value is -2.32. The molecule has 2 N–H and O–H groups in total. The van der Waals surface area contributed by atoms with Crippen LogP contribution in [0.5, 0.6) is 0 Å². The summed E-state index contributed by atoms with van der Waals surface area (Å²) in [6, 6.07) is 12.1. The van der Waals surface area contributed by atoms with E-state index in [0.717, 1.165) is 22.8 Å². The van der Waals surface area contributed by atoms with E-state index in [2.05, 4.69) is 41.8 Å². The Balaban J connectivity index is 0.000000190. The van der Waals surface area contributed by atoms with Crippen LogP contribution in [-0.2, 0) is 9.59 Å². The molecule has 0 saturated carbocycles. The molecule has 0 aliphatic heterocycles. The van der Waals surface area contributed by atoms with Crippen LogP contribution >= 0.6 is 31.9 Å². The van der Waals surface area contributed by atoms with E-state index in [9.17, 15) is 14.7 Å². The number of halogens is 2. The number of Topliss-reactive ketones (excluding diaryl/α,β-unsaturated/α-hetero) is 2. The zero-order valence-electron chi connectivity index (χ0n) is 13.8. The maximum Gasteiger partial charge on any atom is 0.235 e. The number of aryl methyl sites for hydroxylation is 2. The first-order valence-corrected chi connectivity index (χ1v) is 8.99. The number of rotatable bonds is 1. The van der Waals surface area contributed by atoms with Gasteiger partial charge in [0, 0.05) is 24.8 Å². The van der Waals surface area contributed by atoms with Gasteiger partial charge in [-0.05, 0) is 62.7 Å². The summed E-state index contributed by atoms with van der Waals surface area (Å²) in [7, 11) is 0. The van der Waals surface area contributed by atoms with Crippen LogP contribution in [0.1, 0.15) is 11.4 Å². The van der Waals surface area contributed by atoms with Crippen LogP contribution in [0.2, 0.25) is 0 Å². The van der Waals surface area contributed by atoms with Crippen molar-refractivity contribution in [2.45, 2.75) is 13.8 Å². The molecule has 0 aromatic carbocycles. The van der Waals surface area contributed by atoms with Crippen molar-refractivity contribution in [2.24, 2.45) is 0 Å². The zero-order chi connectivity index (χ0) is 19.4. The van der Waals surface area contributed by atoms with Crippen molar-refractivity contribution >= 4 is 43.4 Å². The third-order valence-corrected chi connectivity index (χ3v) is 4.79. The molecule has 1 aliphatic rings. The maximum absolute atomic E-state index is 10.9. The predicted molar refractivity (Wildman–Crippen MR) is 100 cm³/mol. The molecule has 8 heteroatoms. The second kappa shape index (κ2) is 8.37. The highest BCUT2D eigenvalue weighted by Gasteiger charge is 2.27. The number of aromatic nitrogens is 2. The first kappa shape index (κ1) is 20.0. The van der Waals surface area contributed by atoms with E-state index in [0.29, 0.717) is 0 Å². The molecule has 0 amide bonds. The van der Waals surface area contributed by atoms with Gasteiger partial charge in [0.05, 0.1) is 4.48 Å². The van der Waals surface area contributed by atoms with Gasteiger partial charge in [-0.15, -0.1) is 0 Å². The number of carbonyl (C=O) groups is 2. The van der Waals surface area contributed by atoms with Gasteiger partial charge in [0.2, 0.25) is 11.5 Å². The van der Waals surface area contributed by atoms with Crippen LogP contribution in [0.4, 0.5) is 0 Å². The first-order chi connectivity index (χ1) is 12.2. The molecule has 1 aliphatic carbocycles. The van der Waals surface area contributed by atoms with Crippen molar-refractivity contribution < 1.29 is 24.8 Å². The summed E-state index contributed by atoms with van der Waals surface area (Å²) < 4.78 is -0.825. The number of ketones is 2. The fraction of sp³-hybridized carbons (Fsp3) is 0.111. The molecule has 6 nitrogen and oxygen atoms in total. The number of hydrogen-bond donors (Lipinski definition) is 1. The quantitative estimate of drug-likeness (QED) is 0.630. The topological polar surface area (TPSA) is 104 Å². The van der Waals surface area contributed by atoms with E-state index in [1.54, 1.807) is 0 Å². The lowest BCUT2D eigenvalue weighted by molar-refractivity contribution is -0.374. The Kier molecular flexibility index (Phi) is 6.44. The minimum absolute atomic E-state index is 0.388. The molecule has 0 saturated heterocycles. The number of allylic oxidation sites excluding steroid dienone is 2. The third-order valence-electron chi connectivity index (χ3n) is 3.33. The Bertz CT molecular complexity index is 846. The van der Waals surface area contributed by atoms with Gasteiger partial charge in [-0.3, -0.25) is 9.59 Å². The molecule has 2 heterocycles. The Morgan fingerprint density at radius 3 is 2.27 bits per heavy atom. The minimum atomic E-state index is -0.954. The maximum atomic E-state index is 10.9.